The van der Waals surface area contributed by atoms with E-state index in [1.807, 2.05) is 74.0 Å². The topological polar surface area (TPSA) is 92.1 Å². The molecular formula is C32H36ClN3O5S. The Hall–Kier alpha value is -3.21. The number of aliphatic hydroxyl groups is 1. The van der Waals surface area contributed by atoms with Crippen molar-refractivity contribution in [3.63, 3.8) is 0 Å². The number of rotatable bonds is 6. The molecule has 0 saturated carbocycles. The zero-order chi connectivity index (χ0) is 30.2. The van der Waals surface area contributed by atoms with Crippen molar-refractivity contribution in [1.29, 1.82) is 0 Å². The lowest BCUT2D eigenvalue weighted by Gasteiger charge is -2.35. The third-order valence-electron chi connectivity index (χ3n) is 8.18. The van der Waals surface area contributed by atoms with Gasteiger partial charge in [-0.3, -0.25) is 4.79 Å². The molecule has 5 rings (SSSR count). The zero-order valence-electron chi connectivity index (χ0n) is 24.2. The molecule has 222 valence electrons. The molecule has 0 spiro atoms. The highest BCUT2D eigenvalue weighted by Gasteiger charge is 2.34. The second kappa shape index (κ2) is 12.2. The molecule has 1 aromatic heterocycles. The summed E-state index contributed by atoms with van der Waals surface area (Å²) in [6.45, 7) is 4.10. The van der Waals surface area contributed by atoms with Crippen molar-refractivity contribution >= 4 is 38.4 Å². The van der Waals surface area contributed by atoms with Gasteiger partial charge in [0.25, 0.3) is 5.91 Å². The smallest absolute Gasteiger partial charge is 0.271 e. The number of amides is 1. The lowest BCUT2D eigenvalue weighted by molar-refractivity contribution is -0.0147. The number of fused-ring (bicyclic) bond motifs is 5. The number of ether oxygens (including phenoxy) is 1. The summed E-state index contributed by atoms with van der Waals surface area (Å²) < 4.78 is 36.6. The average molecular weight is 610 g/mol. The van der Waals surface area contributed by atoms with Gasteiger partial charge in [-0.15, -0.1) is 0 Å². The summed E-state index contributed by atoms with van der Waals surface area (Å²) in [6.07, 6.45) is -0.552. The fourth-order valence-electron chi connectivity index (χ4n) is 5.66. The molecule has 10 heteroatoms. The van der Waals surface area contributed by atoms with Crippen LogP contribution in [0.25, 0.3) is 22.0 Å². The monoisotopic (exact) mass is 609 g/mol. The number of carbonyl (C=O) groups excluding carboxylic acids is 1. The quantitative estimate of drug-likeness (QED) is 0.325. The maximum absolute atomic E-state index is 14.4. The Labute approximate surface area is 252 Å². The summed E-state index contributed by atoms with van der Waals surface area (Å²) in [5, 5.41) is 11.6. The molecule has 2 heterocycles. The molecule has 1 N–H and O–H groups in total. The number of aliphatic hydroxyl groups excluding tert-OH is 1. The van der Waals surface area contributed by atoms with E-state index in [1.165, 1.54) is 23.5 Å². The SMILES string of the molecule is C[C@H](CO)N1C[C@H](C)[C@@H](CN(C)S(=O)(=O)c2ccc(Cl)cc2)OCc2ccccc2-c2c(n(C)c3ccccc23)C1=O. The summed E-state index contributed by atoms with van der Waals surface area (Å²) in [5.74, 6) is -0.469. The summed E-state index contributed by atoms with van der Waals surface area (Å²) in [5.41, 5.74) is 4.06. The van der Waals surface area contributed by atoms with Crippen LogP contribution in [-0.4, -0.2) is 72.1 Å². The minimum Gasteiger partial charge on any atom is -0.394 e. The molecular weight excluding hydrogens is 574 g/mol. The molecule has 1 amide bonds. The van der Waals surface area contributed by atoms with Crippen LogP contribution in [0.15, 0.2) is 77.7 Å². The number of nitrogens with zero attached hydrogens (tertiary/aromatic N) is 3. The van der Waals surface area contributed by atoms with Gasteiger partial charge >= 0.3 is 0 Å². The van der Waals surface area contributed by atoms with Crippen molar-refractivity contribution in [2.24, 2.45) is 13.0 Å². The van der Waals surface area contributed by atoms with Crippen molar-refractivity contribution in [3.05, 3.63) is 89.1 Å². The van der Waals surface area contributed by atoms with Gasteiger partial charge in [0.15, 0.2) is 0 Å². The number of sulfonamides is 1. The van der Waals surface area contributed by atoms with E-state index in [1.54, 1.807) is 17.0 Å². The minimum absolute atomic E-state index is 0.0692. The van der Waals surface area contributed by atoms with Crippen LogP contribution in [0.4, 0.5) is 0 Å². The molecule has 0 saturated heterocycles. The van der Waals surface area contributed by atoms with Gasteiger partial charge in [-0.05, 0) is 48.4 Å². The van der Waals surface area contributed by atoms with Crippen LogP contribution in [0.2, 0.25) is 5.02 Å². The highest BCUT2D eigenvalue weighted by atomic mass is 35.5. The number of hydrogen-bond donors (Lipinski definition) is 1. The first kappa shape index (κ1) is 30.3. The molecule has 8 nitrogen and oxygen atoms in total. The Morgan fingerprint density at radius 1 is 1.07 bits per heavy atom. The standard InChI is InChI=1S/C32H36ClN3O5S/c1-21-17-36(22(2)19-37)32(38)31-30(27-11-7-8-12-28(27)35(31)4)26-10-6-5-9-23(26)20-41-29(21)18-34(3)42(39,40)25-15-13-24(33)14-16-25/h5-16,21-22,29,37H,17-20H2,1-4H3/t21-,22+,29+/m0/s1. The van der Waals surface area contributed by atoms with Gasteiger partial charge in [-0.2, -0.15) is 4.31 Å². The Bertz CT molecular complexity index is 1700. The van der Waals surface area contributed by atoms with E-state index in [9.17, 15) is 18.3 Å². The van der Waals surface area contributed by atoms with Crippen LogP contribution in [0.1, 0.15) is 29.9 Å². The van der Waals surface area contributed by atoms with Crippen LogP contribution in [0.5, 0.6) is 0 Å². The van der Waals surface area contributed by atoms with Gasteiger partial charge in [0.05, 0.1) is 30.3 Å². The van der Waals surface area contributed by atoms with Gasteiger partial charge in [0.1, 0.15) is 5.69 Å². The van der Waals surface area contributed by atoms with Crippen molar-refractivity contribution < 1.29 is 23.1 Å². The average Bonchev–Trinajstić information content (AvgIpc) is 3.28. The Morgan fingerprint density at radius 3 is 2.45 bits per heavy atom. The number of benzene rings is 3. The summed E-state index contributed by atoms with van der Waals surface area (Å²) in [7, 11) is -0.403. The van der Waals surface area contributed by atoms with Crippen LogP contribution >= 0.6 is 11.6 Å². The van der Waals surface area contributed by atoms with E-state index in [0.717, 1.165) is 27.6 Å². The number of hydrogen-bond acceptors (Lipinski definition) is 5. The minimum atomic E-state index is -3.82. The molecule has 4 aromatic rings. The van der Waals surface area contributed by atoms with Gasteiger partial charge < -0.3 is 19.3 Å². The van der Waals surface area contributed by atoms with Gasteiger partial charge in [0.2, 0.25) is 10.0 Å². The second-order valence-electron chi connectivity index (χ2n) is 11.0. The zero-order valence-corrected chi connectivity index (χ0v) is 25.8. The molecule has 0 bridgehead atoms. The van der Waals surface area contributed by atoms with Crippen molar-refractivity contribution in [2.45, 2.75) is 37.5 Å². The normalized spacial score (nSPS) is 18.9. The highest BCUT2D eigenvalue weighted by molar-refractivity contribution is 7.89. The van der Waals surface area contributed by atoms with Crippen molar-refractivity contribution in [2.75, 3.05) is 26.7 Å². The largest absolute Gasteiger partial charge is 0.394 e. The molecule has 1 aliphatic heterocycles. The maximum Gasteiger partial charge on any atom is 0.271 e. The number of para-hydroxylation sites is 1. The van der Waals surface area contributed by atoms with Crippen LogP contribution in [-0.2, 0) is 28.4 Å². The predicted molar refractivity (Wildman–Crippen MR) is 165 cm³/mol. The fourth-order valence-corrected chi connectivity index (χ4v) is 6.97. The van der Waals surface area contributed by atoms with Crippen LogP contribution in [0.3, 0.4) is 0 Å². The summed E-state index contributed by atoms with van der Waals surface area (Å²) in [6, 6.07) is 21.4. The molecule has 0 fully saturated rings. The molecule has 1 aliphatic rings. The van der Waals surface area contributed by atoms with Crippen molar-refractivity contribution in [1.82, 2.24) is 13.8 Å². The highest BCUT2D eigenvalue weighted by Crippen LogP contribution is 2.38. The number of aromatic nitrogens is 1. The third kappa shape index (κ3) is 5.59. The number of aryl methyl sites for hydroxylation is 1. The molecule has 0 aliphatic carbocycles. The molecule has 0 unspecified atom stereocenters. The third-order valence-corrected chi connectivity index (χ3v) is 10.3. The lowest BCUT2D eigenvalue weighted by Crippen LogP contribution is -2.48. The molecule has 3 aromatic carbocycles. The summed E-state index contributed by atoms with van der Waals surface area (Å²) in [4.78, 5) is 16.3. The van der Waals surface area contributed by atoms with E-state index in [-0.39, 0.29) is 43.0 Å². The Balaban J connectivity index is 1.60. The van der Waals surface area contributed by atoms with E-state index in [4.69, 9.17) is 16.3 Å². The van der Waals surface area contributed by atoms with E-state index in [2.05, 4.69) is 0 Å². The number of halogens is 1. The predicted octanol–water partition coefficient (Wildman–Crippen LogP) is 5.18. The Kier molecular flexibility index (Phi) is 8.78. The fraction of sp³-hybridized carbons (Fsp3) is 0.344. The molecule has 3 atom stereocenters. The van der Waals surface area contributed by atoms with Gasteiger partial charge in [-0.25, -0.2) is 8.42 Å². The Morgan fingerprint density at radius 2 is 1.74 bits per heavy atom. The second-order valence-corrected chi connectivity index (χ2v) is 13.5. The van der Waals surface area contributed by atoms with Crippen LogP contribution < -0.4 is 0 Å². The maximum atomic E-state index is 14.4. The van der Waals surface area contributed by atoms with Gasteiger partial charge in [0, 0.05) is 54.6 Å². The van der Waals surface area contributed by atoms with E-state index in [0.29, 0.717) is 10.7 Å². The first-order chi connectivity index (χ1) is 20.0. The van der Waals surface area contributed by atoms with Gasteiger partial charge in [-0.1, -0.05) is 61.0 Å². The number of carbonyl (C=O) groups is 1. The lowest BCUT2D eigenvalue weighted by atomic mass is 9.96. The van der Waals surface area contributed by atoms with Crippen molar-refractivity contribution in [3.8, 4) is 11.1 Å². The molecule has 42 heavy (non-hydrogen) atoms. The number of likely N-dealkylation sites (N-methyl/N-ethyl adjacent to an activating group) is 1. The van der Waals surface area contributed by atoms with Crippen LogP contribution in [0, 0.1) is 5.92 Å². The van der Waals surface area contributed by atoms with E-state index >= 15 is 0 Å². The summed E-state index contributed by atoms with van der Waals surface area (Å²) >= 11 is 5.98. The van der Waals surface area contributed by atoms with E-state index < -0.39 is 22.2 Å². The first-order valence-corrected chi connectivity index (χ1v) is 15.8. The molecule has 0 radical (unpaired) electrons. The first-order valence-electron chi connectivity index (χ1n) is 14.0.